The van der Waals surface area contributed by atoms with Gasteiger partial charge in [-0.3, -0.25) is 4.79 Å². The average Bonchev–Trinajstić information content (AvgIpc) is 2.22. The molecule has 14 heavy (non-hydrogen) atoms. The first kappa shape index (κ1) is 13.4. The molecular weight excluding hydrogens is 180 g/mol. The molecule has 0 aliphatic heterocycles. The van der Waals surface area contributed by atoms with Gasteiger partial charge in [0, 0.05) is 20.1 Å². The summed E-state index contributed by atoms with van der Waals surface area (Å²) in [7, 11) is 1.65. The van der Waals surface area contributed by atoms with Crippen molar-refractivity contribution in [1.82, 2.24) is 5.32 Å². The Labute approximate surface area is 86.2 Å². The van der Waals surface area contributed by atoms with Crippen molar-refractivity contribution in [3.05, 3.63) is 0 Å². The molecule has 0 bridgehead atoms. The van der Waals surface area contributed by atoms with Gasteiger partial charge in [0.1, 0.15) is 0 Å². The minimum absolute atomic E-state index is 0.0780. The first-order valence-corrected chi connectivity index (χ1v) is 5.09. The standard InChI is InChI=1S/C10H22N2O2/c1-8(6-11)7-12-10(13)5-4-9(2)14-3/h8-9H,4-7,11H2,1-3H3,(H,12,13). The molecular formula is C10H22N2O2. The number of nitrogens with two attached hydrogens (primary N) is 1. The predicted octanol–water partition coefficient (Wildman–Crippen LogP) is 0.513. The molecule has 2 atom stereocenters. The van der Waals surface area contributed by atoms with Crippen LogP contribution in [0.15, 0.2) is 0 Å². The third kappa shape index (κ3) is 6.86. The van der Waals surface area contributed by atoms with Gasteiger partial charge in [0.25, 0.3) is 0 Å². The summed E-state index contributed by atoms with van der Waals surface area (Å²) < 4.78 is 5.05. The van der Waals surface area contributed by atoms with E-state index in [0.717, 1.165) is 6.42 Å². The molecule has 0 heterocycles. The van der Waals surface area contributed by atoms with Crippen LogP contribution in [-0.4, -0.2) is 32.2 Å². The number of amides is 1. The van der Waals surface area contributed by atoms with Crippen LogP contribution in [0.5, 0.6) is 0 Å². The summed E-state index contributed by atoms with van der Waals surface area (Å²) in [5.74, 6) is 0.424. The van der Waals surface area contributed by atoms with Gasteiger partial charge in [-0.05, 0) is 25.8 Å². The highest BCUT2D eigenvalue weighted by atomic mass is 16.5. The fourth-order valence-electron chi connectivity index (χ4n) is 0.912. The van der Waals surface area contributed by atoms with Crippen LogP contribution in [0.4, 0.5) is 0 Å². The van der Waals surface area contributed by atoms with E-state index in [2.05, 4.69) is 5.32 Å². The van der Waals surface area contributed by atoms with Crippen molar-refractivity contribution in [3.63, 3.8) is 0 Å². The van der Waals surface area contributed by atoms with E-state index >= 15 is 0 Å². The lowest BCUT2D eigenvalue weighted by atomic mass is 10.1. The van der Waals surface area contributed by atoms with Gasteiger partial charge in [-0.1, -0.05) is 6.92 Å². The first-order chi connectivity index (χ1) is 6.60. The fourth-order valence-corrected chi connectivity index (χ4v) is 0.912. The Kier molecular flexibility index (Phi) is 7.42. The van der Waals surface area contributed by atoms with Gasteiger partial charge in [0.15, 0.2) is 0 Å². The summed E-state index contributed by atoms with van der Waals surface area (Å²) in [6.45, 7) is 5.24. The van der Waals surface area contributed by atoms with Crippen LogP contribution in [0.25, 0.3) is 0 Å². The number of nitrogens with one attached hydrogen (secondary N) is 1. The molecule has 0 aliphatic carbocycles. The van der Waals surface area contributed by atoms with Gasteiger partial charge in [0.2, 0.25) is 5.91 Å². The average molecular weight is 202 g/mol. The van der Waals surface area contributed by atoms with Gasteiger partial charge in [-0.15, -0.1) is 0 Å². The van der Waals surface area contributed by atoms with Crippen molar-refractivity contribution in [2.75, 3.05) is 20.2 Å². The molecule has 0 aromatic rings. The number of hydrogen-bond donors (Lipinski definition) is 2. The fraction of sp³-hybridized carbons (Fsp3) is 0.900. The summed E-state index contributed by atoms with van der Waals surface area (Å²) in [6.07, 6.45) is 1.43. The van der Waals surface area contributed by atoms with Gasteiger partial charge >= 0.3 is 0 Å². The molecule has 84 valence electrons. The summed E-state index contributed by atoms with van der Waals surface area (Å²) in [5.41, 5.74) is 5.43. The van der Waals surface area contributed by atoms with E-state index in [-0.39, 0.29) is 12.0 Å². The highest BCUT2D eigenvalue weighted by molar-refractivity contribution is 5.75. The van der Waals surface area contributed by atoms with Crippen LogP contribution >= 0.6 is 0 Å². The van der Waals surface area contributed by atoms with Crippen LogP contribution in [0.1, 0.15) is 26.7 Å². The van der Waals surface area contributed by atoms with E-state index < -0.39 is 0 Å². The van der Waals surface area contributed by atoms with E-state index in [1.54, 1.807) is 7.11 Å². The molecule has 0 aliphatic rings. The van der Waals surface area contributed by atoms with Gasteiger partial charge in [-0.25, -0.2) is 0 Å². The van der Waals surface area contributed by atoms with Crippen LogP contribution in [-0.2, 0) is 9.53 Å². The molecule has 4 heteroatoms. The van der Waals surface area contributed by atoms with Crippen LogP contribution in [0.2, 0.25) is 0 Å². The Morgan fingerprint density at radius 3 is 2.64 bits per heavy atom. The predicted molar refractivity (Wildman–Crippen MR) is 56.9 cm³/mol. The van der Waals surface area contributed by atoms with E-state index in [4.69, 9.17) is 10.5 Å². The zero-order valence-electron chi connectivity index (χ0n) is 9.38. The maximum absolute atomic E-state index is 11.3. The molecule has 2 unspecified atom stereocenters. The largest absolute Gasteiger partial charge is 0.382 e. The maximum atomic E-state index is 11.3. The summed E-state index contributed by atoms with van der Waals surface area (Å²) in [4.78, 5) is 11.3. The molecule has 0 fully saturated rings. The SMILES string of the molecule is COC(C)CCC(=O)NCC(C)CN. The summed E-state index contributed by atoms with van der Waals surface area (Å²) in [6, 6.07) is 0. The topological polar surface area (TPSA) is 64.3 Å². The number of methoxy groups -OCH3 is 1. The molecule has 0 rings (SSSR count). The Balaban J connectivity index is 3.46. The zero-order valence-corrected chi connectivity index (χ0v) is 9.38. The Morgan fingerprint density at radius 1 is 1.50 bits per heavy atom. The minimum atomic E-state index is 0.0780. The molecule has 0 saturated carbocycles. The van der Waals surface area contributed by atoms with E-state index in [1.807, 2.05) is 13.8 Å². The molecule has 0 aromatic heterocycles. The smallest absolute Gasteiger partial charge is 0.220 e. The highest BCUT2D eigenvalue weighted by Gasteiger charge is 2.06. The second-order valence-electron chi connectivity index (χ2n) is 3.73. The van der Waals surface area contributed by atoms with E-state index in [1.165, 1.54) is 0 Å². The first-order valence-electron chi connectivity index (χ1n) is 5.09. The number of hydrogen-bond acceptors (Lipinski definition) is 3. The van der Waals surface area contributed by atoms with Crippen LogP contribution in [0.3, 0.4) is 0 Å². The minimum Gasteiger partial charge on any atom is -0.382 e. The monoisotopic (exact) mass is 202 g/mol. The van der Waals surface area contributed by atoms with E-state index in [9.17, 15) is 4.79 Å². The second-order valence-corrected chi connectivity index (χ2v) is 3.73. The quantitative estimate of drug-likeness (QED) is 0.632. The molecule has 1 amide bonds. The molecule has 0 saturated heterocycles. The Hall–Kier alpha value is -0.610. The molecule has 4 nitrogen and oxygen atoms in total. The van der Waals surface area contributed by atoms with Gasteiger partial charge in [-0.2, -0.15) is 0 Å². The lowest BCUT2D eigenvalue weighted by Crippen LogP contribution is -2.31. The number of ether oxygens (including phenoxy) is 1. The molecule has 3 N–H and O–H groups in total. The molecule has 0 spiro atoms. The van der Waals surface area contributed by atoms with Crippen molar-refractivity contribution < 1.29 is 9.53 Å². The number of rotatable bonds is 7. The molecule has 0 radical (unpaired) electrons. The normalized spacial score (nSPS) is 14.9. The lowest BCUT2D eigenvalue weighted by molar-refractivity contribution is -0.121. The van der Waals surface area contributed by atoms with Crippen molar-refractivity contribution >= 4 is 5.91 Å². The number of carbonyl (C=O) groups is 1. The Bertz CT molecular complexity index is 146. The second kappa shape index (κ2) is 7.76. The van der Waals surface area contributed by atoms with Crippen LogP contribution in [0, 0.1) is 5.92 Å². The third-order valence-corrected chi connectivity index (χ3v) is 2.23. The third-order valence-electron chi connectivity index (χ3n) is 2.23. The van der Waals surface area contributed by atoms with Crippen molar-refractivity contribution in [2.24, 2.45) is 11.7 Å². The zero-order chi connectivity index (χ0) is 11.0. The van der Waals surface area contributed by atoms with Crippen molar-refractivity contribution in [1.29, 1.82) is 0 Å². The summed E-state index contributed by atoms with van der Waals surface area (Å²) >= 11 is 0. The van der Waals surface area contributed by atoms with Crippen molar-refractivity contribution in [3.8, 4) is 0 Å². The maximum Gasteiger partial charge on any atom is 0.220 e. The van der Waals surface area contributed by atoms with E-state index in [0.29, 0.717) is 25.4 Å². The summed E-state index contributed by atoms with van der Waals surface area (Å²) in [5, 5.41) is 2.84. The Morgan fingerprint density at radius 2 is 2.14 bits per heavy atom. The number of carbonyl (C=O) groups excluding carboxylic acids is 1. The highest BCUT2D eigenvalue weighted by Crippen LogP contribution is 1.99. The van der Waals surface area contributed by atoms with Crippen LogP contribution < -0.4 is 11.1 Å². The van der Waals surface area contributed by atoms with Gasteiger partial charge < -0.3 is 15.8 Å². The van der Waals surface area contributed by atoms with Crippen molar-refractivity contribution in [2.45, 2.75) is 32.8 Å². The van der Waals surface area contributed by atoms with Gasteiger partial charge in [0.05, 0.1) is 6.10 Å². The lowest BCUT2D eigenvalue weighted by Gasteiger charge is -2.11. The molecule has 0 aromatic carbocycles.